The first-order valence-electron chi connectivity index (χ1n) is 5.64. The molecular weight excluding hydrogens is 206 g/mol. The molecule has 1 aliphatic carbocycles. The lowest BCUT2D eigenvalue weighted by molar-refractivity contribution is 0.0518. The van der Waals surface area contributed by atoms with E-state index >= 15 is 0 Å². The molecule has 0 amide bonds. The fourth-order valence-corrected chi connectivity index (χ4v) is 2.20. The first-order chi connectivity index (χ1) is 7.77. The van der Waals surface area contributed by atoms with Gasteiger partial charge >= 0.3 is 5.97 Å². The van der Waals surface area contributed by atoms with E-state index in [4.69, 9.17) is 4.74 Å². The Morgan fingerprint density at radius 3 is 2.88 bits per heavy atom. The number of hydrogen-bond acceptors (Lipinski definition) is 3. The maximum Gasteiger partial charge on any atom is 0.355 e. The second kappa shape index (κ2) is 4.51. The number of fused-ring (bicyclic) bond motifs is 1. The fraction of sp³-hybridized carbons (Fsp3) is 0.500. The van der Waals surface area contributed by atoms with E-state index in [1.54, 1.807) is 6.92 Å². The van der Waals surface area contributed by atoms with Crippen molar-refractivity contribution in [2.75, 3.05) is 6.61 Å². The lowest BCUT2D eigenvalue weighted by atomic mass is 9.95. The van der Waals surface area contributed by atoms with Crippen LogP contribution in [0.25, 0.3) is 0 Å². The van der Waals surface area contributed by atoms with Crippen LogP contribution in [0.1, 0.15) is 51.9 Å². The molecule has 0 spiro atoms. The summed E-state index contributed by atoms with van der Waals surface area (Å²) in [5.74, 6) is -0.431. The number of aryl methyl sites for hydroxylation is 1. The lowest BCUT2D eigenvalue weighted by Gasteiger charge is -2.10. The molecule has 4 heteroatoms. The minimum absolute atomic E-state index is 0.320. The van der Waals surface area contributed by atoms with E-state index in [1.807, 2.05) is 0 Å². The van der Waals surface area contributed by atoms with Crippen molar-refractivity contribution in [1.29, 1.82) is 0 Å². The van der Waals surface area contributed by atoms with Crippen LogP contribution in [0.4, 0.5) is 0 Å². The van der Waals surface area contributed by atoms with Gasteiger partial charge in [-0.15, -0.1) is 0 Å². The molecule has 4 nitrogen and oxygen atoms in total. The van der Waals surface area contributed by atoms with Crippen LogP contribution in [0.15, 0.2) is 0 Å². The first kappa shape index (κ1) is 10.9. The molecule has 0 aliphatic heterocycles. The Morgan fingerprint density at radius 2 is 2.19 bits per heavy atom. The second-order valence-corrected chi connectivity index (χ2v) is 3.92. The Labute approximate surface area is 94.0 Å². The van der Waals surface area contributed by atoms with Crippen LogP contribution in [0.3, 0.4) is 0 Å². The molecule has 0 saturated carbocycles. The molecule has 0 fully saturated rings. The number of hydrogen-bond donors (Lipinski definition) is 1. The van der Waals surface area contributed by atoms with E-state index in [1.165, 1.54) is 0 Å². The molecule has 0 unspecified atom stereocenters. The number of rotatable bonds is 3. The van der Waals surface area contributed by atoms with Gasteiger partial charge in [-0.2, -0.15) is 0 Å². The van der Waals surface area contributed by atoms with Crippen molar-refractivity contribution in [2.45, 2.75) is 32.6 Å². The monoisotopic (exact) mass is 221 g/mol. The molecule has 1 aromatic heterocycles. The topological polar surface area (TPSA) is 59.2 Å². The van der Waals surface area contributed by atoms with Crippen molar-refractivity contribution in [3.8, 4) is 0 Å². The van der Waals surface area contributed by atoms with Gasteiger partial charge in [0.25, 0.3) is 0 Å². The SMILES string of the molecule is CCOC(=O)c1[nH]c2c(c1C=O)CCCC2. The average Bonchev–Trinajstić information content (AvgIpc) is 2.67. The average molecular weight is 221 g/mol. The molecule has 0 saturated heterocycles. The Hall–Kier alpha value is -1.58. The highest BCUT2D eigenvalue weighted by Crippen LogP contribution is 2.26. The standard InChI is InChI=1S/C12H15NO3/c1-2-16-12(15)11-9(7-14)8-5-3-4-6-10(8)13-11/h7,13H,2-6H2,1H3. The van der Waals surface area contributed by atoms with Gasteiger partial charge in [-0.1, -0.05) is 0 Å². The molecule has 1 heterocycles. The van der Waals surface area contributed by atoms with E-state index in [0.29, 0.717) is 17.9 Å². The predicted molar refractivity (Wildman–Crippen MR) is 58.8 cm³/mol. The molecule has 0 radical (unpaired) electrons. The second-order valence-electron chi connectivity index (χ2n) is 3.92. The molecule has 2 rings (SSSR count). The van der Waals surface area contributed by atoms with Gasteiger partial charge in [0.1, 0.15) is 5.69 Å². The van der Waals surface area contributed by atoms with Crippen molar-refractivity contribution in [3.63, 3.8) is 0 Å². The van der Waals surface area contributed by atoms with Gasteiger partial charge in [0, 0.05) is 5.69 Å². The molecule has 86 valence electrons. The van der Waals surface area contributed by atoms with Crippen molar-refractivity contribution in [2.24, 2.45) is 0 Å². The summed E-state index contributed by atoms with van der Waals surface area (Å²) in [5, 5.41) is 0. The molecule has 0 atom stereocenters. The third-order valence-electron chi connectivity index (χ3n) is 2.94. The zero-order chi connectivity index (χ0) is 11.5. The summed E-state index contributed by atoms with van der Waals surface area (Å²) in [7, 11) is 0. The van der Waals surface area contributed by atoms with Gasteiger partial charge in [-0.25, -0.2) is 4.79 Å². The Bertz CT molecular complexity index is 420. The molecule has 16 heavy (non-hydrogen) atoms. The largest absolute Gasteiger partial charge is 0.461 e. The van der Waals surface area contributed by atoms with E-state index < -0.39 is 5.97 Å². The third kappa shape index (κ3) is 1.75. The zero-order valence-corrected chi connectivity index (χ0v) is 9.34. The number of aromatic amines is 1. The summed E-state index contributed by atoms with van der Waals surface area (Å²) in [4.78, 5) is 25.7. The van der Waals surface area contributed by atoms with E-state index in [0.717, 1.165) is 43.2 Å². The van der Waals surface area contributed by atoms with Gasteiger partial charge in [-0.05, 0) is 38.2 Å². The number of aldehydes is 1. The maximum absolute atomic E-state index is 11.6. The summed E-state index contributed by atoms with van der Waals surface area (Å²) in [6, 6.07) is 0. The van der Waals surface area contributed by atoms with Crippen LogP contribution in [-0.2, 0) is 17.6 Å². The quantitative estimate of drug-likeness (QED) is 0.626. The summed E-state index contributed by atoms with van der Waals surface area (Å²) in [5.41, 5.74) is 2.85. The minimum Gasteiger partial charge on any atom is -0.461 e. The predicted octanol–water partition coefficient (Wildman–Crippen LogP) is 1.88. The van der Waals surface area contributed by atoms with Crippen LogP contribution in [0, 0.1) is 0 Å². The summed E-state index contributed by atoms with van der Waals surface area (Å²) < 4.78 is 4.92. The smallest absolute Gasteiger partial charge is 0.355 e. The number of esters is 1. The zero-order valence-electron chi connectivity index (χ0n) is 9.34. The minimum atomic E-state index is -0.431. The summed E-state index contributed by atoms with van der Waals surface area (Å²) >= 11 is 0. The van der Waals surface area contributed by atoms with Crippen molar-refractivity contribution >= 4 is 12.3 Å². The van der Waals surface area contributed by atoms with E-state index in [9.17, 15) is 9.59 Å². The van der Waals surface area contributed by atoms with Crippen LogP contribution in [0.5, 0.6) is 0 Å². The highest BCUT2D eigenvalue weighted by atomic mass is 16.5. The lowest BCUT2D eigenvalue weighted by Crippen LogP contribution is -2.08. The Kier molecular flexibility index (Phi) is 3.08. The van der Waals surface area contributed by atoms with Crippen LogP contribution < -0.4 is 0 Å². The number of aromatic nitrogens is 1. The maximum atomic E-state index is 11.6. The highest BCUT2D eigenvalue weighted by molar-refractivity contribution is 5.98. The fourth-order valence-electron chi connectivity index (χ4n) is 2.20. The van der Waals surface area contributed by atoms with Crippen molar-refractivity contribution < 1.29 is 14.3 Å². The first-order valence-corrected chi connectivity index (χ1v) is 5.64. The van der Waals surface area contributed by atoms with Gasteiger partial charge in [0.05, 0.1) is 12.2 Å². The highest BCUT2D eigenvalue weighted by Gasteiger charge is 2.23. The number of carbonyl (C=O) groups excluding carboxylic acids is 2. The van der Waals surface area contributed by atoms with Crippen molar-refractivity contribution in [1.82, 2.24) is 4.98 Å². The number of H-pyrrole nitrogens is 1. The van der Waals surface area contributed by atoms with Gasteiger partial charge in [-0.3, -0.25) is 4.79 Å². The van der Waals surface area contributed by atoms with E-state index in [2.05, 4.69) is 4.98 Å². The molecule has 0 bridgehead atoms. The normalized spacial score (nSPS) is 14.3. The molecule has 0 aromatic carbocycles. The number of ether oxygens (including phenoxy) is 1. The van der Waals surface area contributed by atoms with Crippen LogP contribution in [0.2, 0.25) is 0 Å². The van der Waals surface area contributed by atoms with Gasteiger partial charge < -0.3 is 9.72 Å². The summed E-state index contributed by atoms with van der Waals surface area (Å²) in [6.07, 6.45) is 4.73. The van der Waals surface area contributed by atoms with Crippen LogP contribution >= 0.6 is 0 Å². The van der Waals surface area contributed by atoms with Crippen molar-refractivity contribution in [3.05, 3.63) is 22.5 Å². The van der Waals surface area contributed by atoms with Gasteiger partial charge in [0.2, 0.25) is 0 Å². The van der Waals surface area contributed by atoms with E-state index in [-0.39, 0.29) is 0 Å². The third-order valence-corrected chi connectivity index (χ3v) is 2.94. The van der Waals surface area contributed by atoms with Crippen LogP contribution in [-0.4, -0.2) is 23.8 Å². The molecule has 1 aromatic rings. The molecular formula is C12H15NO3. The Morgan fingerprint density at radius 1 is 1.44 bits per heavy atom. The Balaban J connectivity index is 2.41. The number of carbonyl (C=O) groups is 2. The molecule has 1 N–H and O–H groups in total. The summed E-state index contributed by atoms with van der Waals surface area (Å²) in [6.45, 7) is 2.07. The molecule has 1 aliphatic rings. The van der Waals surface area contributed by atoms with Gasteiger partial charge in [0.15, 0.2) is 6.29 Å². The number of nitrogens with one attached hydrogen (secondary N) is 1.